The van der Waals surface area contributed by atoms with Crippen molar-refractivity contribution in [3.63, 3.8) is 0 Å². The average molecular weight is 323 g/mol. The smallest absolute Gasteiger partial charge is 0.123 e. The zero-order chi connectivity index (χ0) is 14.0. The highest BCUT2D eigenvalue weighted by molar-refractivity contribution is 9.10. The molecule has 1 nitrogen and oxygen atoms in total. The first-order valence-corrected chi connectivity index (χ1v) is 6.96. The monoisotopic (exact) mass is 322 g/mol. The number of aliphatic hydroxyl groups excluding tert-OH is 1. The van der Waals surface area contributed by atoms with Gasteiger partial charge in [0.25, 0.3) is 0 Å². The van der Waals surface area contributed by atoms with Crippen LogP contribution in [0.5, 0.6) is 0 Å². The molecule has 0 aliphatic rings. The van der Waals surface area contributed by atoms with Gasteiger partial charge in [0.15, 0.2) is 0 Å². The number of aliphatic hydroxyl groups is 1. The zero-order valence-electron chi connectivity index (χ0n) is 11.0. The highest BCUT2D eigenvalue weighted by Crippen LogP contribution is 2.28. The van der Waals surface area contributed by atoms with Gasteiger partial charge in [0.05, 0.1) is 6.10 Å². The number of benzene rings is 2. The topological polar surface area (TPSA) is 20.2 Å². The van der Waals surface area contributed by atoms with Crippen molar-refractivity contribution < 1.29 is 9.50 Å². The molecule has 0 radical (unpaired) electrons. The van der Waals surface area contributed by atoms with E-state index in [0.717, 1.165) is 26.7 Å². The maximum atomic E-state index is 13.1. The van der Waals surface area contributed by atoms with E-state index in [9.17, 15) is 9.50 Å². The van der Waals surface area contributed by atoms with Crippen LogP contribution >= 0.6 is 15.9 Å². The number of halogens is 2. The van der Waals surface area contributed by atoms with Crippen molar-refractivity contribution in [2.75, 3.05) is 0 Å². The predicted molar refractivity (Wildman–Crippen MR) is 78.7 cm³/mol. The van der Waals surface area contributed by atoms with Gasteiger partial charge in [0, 0.05) is 10.9 Å². The summed E-state index contributed by atoms with van der Waals surface area (Å²) in [5, 5.41) is 10.3. The molecule has 2 aromatic rings. The predicted octanol–water partition coefficient (Wildman–Crippen LogP) is 4.48. The van der Waals surface area contributed by atoms with Crippen molar-refractivity contribution in [2.45, 2.75) is 26.4 Å². The van der Waals surface area contributed by atoms with Crippen molar-refractivity contribution in [2.24, 2.45) is 0 Å². The van der Waals surface area contributed by atoms with E-state index in [1.807, 2.05) is 32.0 Å². The molecule has 0 saturated carbocycles. The molecule has 0 spiro atoms. The van der Waals surface area contributed by atoms with Gasteiger partial charge in [-0.15, -0.1) is 0 Å². The van der Waals surface area contributed by atoms with E-state index in [1.165, 1.54) is 12.1 Å². The molecule has 100 valence electrons. The first kappa shape index (κ1) is 14.2. The summed E-state index contributed by atoms with van der Waals surface area (Å²) in [5.41, 5.74) is 3.79. The van der Waals surface area contributed by atoms with Gasteiger partial charge in [0.1, 0.15) is 5.82 Å². The van der Waals surface area contributed by atoms with Crippen LogP contribution in [0.3, 0.4) is 0 Å². The third-order valence-corrected chi connectivity index (χ3v) is 3.95. The Morgan fingerprint density at radius 1 is 1.16 bits per heavy atom. The van der Waals surface area contributed by atoms with E-state index in [2.05, 4.69) is 15.9 Å². The van der Waals surface area contributed by atoms with Crippen LogP contribution in [-0.2, 0) is 6.42 Å². The number of hydrogen-bond acceptors (Lipinski definition) is 1. The summed E-state index contributed by atoms with van der Waals surface area (Å²) in [6.45, 7) is 3.85. The lowest BCUT2D eigenvalue weighted by atomic mass is 9.97. The first-order chi connectivity index (χ1) is 8.97. The maximum Gasteiger partial charge on any atom is 0.123 e. The lowest BCUT2D eigenvalue weighted by Crippen LogP contribution is -2.04. The van der Waals surface area contributed by atoms with Crippen LogP contribution in [0.1, 0.15) is 28.4 Å². The molecule has 1 atom stereocenters. The number of hydrogen-bond donors (Lipinski definition) is 1. The van der Waals surface area contributed by atoms with E-state index < -0.39 is 6.10 Å². The van der Waals surface area contributed by atoms with Gasteiger partial charge in [-0.05, 0) is 48.7 Å². The molecule has 0 fully saturated rings. The number of rotatable bonds is 3. The van der Waals surface area contributed by atoms with Crippen LogP contribution in [0.15, 0.2) is 40.9 Å². The lowest BCUT2D eigenvalue weighted by Gasteiger charge is -2.15. The molecule has 0 saturated heterocycles. The molecule has 19 heavy (non-hydrogen) atoms. The molecule has 2 rings (SSSR count). The minimum Gasteiger partial charge on any atom is -0.388 e. The Morgan fingerprint density at radius 2 is 1.89 bits per heavy atom. The minimum atomic E-state index is -0.599. The fraction of sp³-hybridized carbons (Fsp3) is 0.250. The van der Waals surface area contributed by atoms with E-state index in [-0.39, 0.29) is 5.82 Å². The van der Waals surface area contributed by atoms with Gasteiger partial charge < -0.3 is 5.11 Å². The third kappa shape index (κ3) is 3.43. The summed E-state index contributed by atoms with van der Waals surface area (Å²) in [5.74, 6) is -0.243. The molecule has 3 heteroatoms. The summed E-state index contributed by atoms with van der Waals surface area (Å²) >= 11 is 3.45. The molecule has 0 heterocycles. The molecule has 0 aromatic heterocycles. The highest BCUT2D eigenvalue weighted by atomic mass is 79.9. The second-order valence-electron chi connectivity index (χ2n) is 4.82. The van der Waals surface area contributed by atoms with Crippen LogP contribution in [-0.4, -0.2) is 5.11 Å². The summed E-state index contributed by atoms with van der Waals surface area (Å²) in [4.78, 5) is 0. The summed E-state index contributed by atoms with van der Waals surface area (Å²) in [6, 6.07) is 10.5. The number of aryl methyl sites for hydroxylation is 2. The fourth-order valence-corrected chi connectivity index (χ4v) is 2.64. The van der Waals surface area contributed by atoms with E-state index in [4.69, 9.17) is 0 Å². The first-order valence-electron chi connectivity index (χ1n) is 6.16. The third-order valence-electron chi connectivity index (χ3n) is 3.23. The van der Waals surface area contributed by atoms with Crippen LogP contribution < -0.4 is 0 Å². The van der Waals surface area contributed by atoms with Crippen LogP contribution in [0.4, 0.5) is 4.39 Å². The Bertz CT molecular complexity index is 595. The highest BCUT2D eigenvalue weighted by Gasteiger charge is 2.13. The van der Waals surface area contributed by atoms with Crippen molar-refractivity contribution in [1.82, 2.24) is 0 Å². The van der Waals surface area contributed by atoms with Gasteiger partial charge in [-0.3, -0.25) is 0 Å². The van der Waals surface area contributed by atoms with Crippen LogP contribution in [0.25, 0.3) is 0 Å². The van der Waals surface area contributed by atoms with Crippen LogP contribution in [0.2, 0.25) is 0 Å². The zero-order valence-corrected chi connectivity index (χ0v) is 12.5. The van der Waals surface area contributed by atoms with Crippen molar-refractivity contribution >= 4 is 15.9 Å². The Labute approximate surface area is 121 Å². The van der Waals surface area contributed by atoms with Gasteiger partial charge in [0.2, 0.25) is 0 Å². The van der Waals surface area contributed by atoms with Gasteiger partial charge >= 0.3 is 0 Å². The summed E-state index contributed by atoms with van der Waals surface area (Å²) in [7, 11) is 0. The molecule has 1 unspecified atom stereocenters. The average Bonchev–Trinajstić information content (AvgIpc) is 2.35. The molecule has 0 amide bonds. The summed E-state index contributed by atoms with van der Waals surface area (Å²) < 4.78 is 13.9. The maximum absolute atomic E-state index is 13.1. The molecule has 2 aromatic carbocycles. The van der Waals surface area contributed by atoms with Gasteiger partial charge in [-0.2, -0.15) is 0 Å². The SMILES string of the molecule is Cc1ccc(Br)c(C(O)Cc2ccc(F)cc2C)c1. The van der Waals surface area contributed by atoms with E-state index >= 15 is 0 Å². The Balaban J connectivity index is 2.25. The lowest BCUT2D eigenvalue weighted by molar-refractivity contribution is 0.177. The van der Waals surface area contributed by atoms with Gasteiger partial charge in [-0.1, -0.05) is 39.7 Å². The quantitative estimate of drug-likeness (QED) is 0.883. The van der Waals surface area contributed by atoms with Crippen molar-refractivity contribution in [3.8, 4) is 0 Å². The van der Waals surface area contributed by atoms with E-state index in [1.54, 1.807) is 6.07 Å². The Hall–Kier alpha value is -1.19. The normalized spacial score (nSPS) is 12.5. The summed E-state index contributed by atoms with van der Waals surface area (Å²) in [6.07, 6.45) is -0.118. The molecular formula is C16H16BrFO. The largest absolute Gasteiger partial charge is 0.388 e. The van der Waals surface area contributed by atoms with Crippen LogP contribution in [0, 0.1) is 19.7 Å². The standard InChI is InChI=1S/C16H16BrFO/c1-10-3-6-15(17)14(7-10)16(19)9-12-4-5-13(18)8-11(12)2/h3-8,16,19H,9H2,1-2H3. The van der Waals surface area contributed by atoms with Gasteiger partial charge in [-0.25, -0.2) is 4.39 Å². The van der Waals surface area contributed by atoms with E-state index in [0.29, 0.717) is 6.42 Å². The second kappa shape index (κ2) is 5.85. The van der Waals surface area contributed by atoms with Crippen molar-refractivity contribution in [3.05, 3.63) is 68.9 Å². The molecule has 0 aliphatic heterocycles. The Kier molecular flexibility index (Phi) is 4.38. The fourth-order valence-electron chi connectivity index (χ4n) is 2.13. The minimum absolute atomic E-state index is 0.243. The molecule has 1 N–H and O–H groups in total. The molecule has 0 aliphatic carbocycles. The molecular weight excluding hydrogens is 307 g/mol. The molecule has 0 bridgehead atoms. The Morgan fingerprint density at radius 3 is 2.58 bits per heavy atom. The second-order valence-corrected chi connectivity index (χ2v) is 5.67. The van der Waals surface area contributed by atoms with Crippen molar-refractivity contribution in [1.29, 1.82) is 0 Å².